The molecule has 160 valence electrons. The predicted molar refractivity (Wildman–Crippen MR) is 118 cm³/mol. The molecule has 2 atom stereocenters. The fraction of sp³-hybridized carbons (Fsp3) is 1.00. The van der Waals surface area contributed by atoms with Crippen LogP contribution >= 0.6 is 0 Å². The van der Waals surface area contributed by atoms with Crippen LogP contribution in [0.3, 0.4) is 0 Å². The zero-order chi connectivity index (χ0) is 18.9. The molecule has 2 bridgehead atoms. The van der Waals surface area contributed by atoms with Crippen LogP contribution in [0.2, 0.25) is 0 Å². The lowest BCUT2D eigenvalue weighted by Crippen LogP contribution is -2.64. The second-order valence-corrected chi connectivity index (χ2v) is 11.9. The number of hydrogen-bond acceptors (Lipinski definition) is 0. The molecule has 7 fully saturated rings. The van der Waals surface area contributed by atoms with Crippen molar-refractivity contribution in [2.75, 3.05) is 45.8 Å². The van der Waals surface area contributed by atoms with Gasteiger partial charge in [-0.05, 0) is 89.4 Å². The summed E-state index contributed by atoms with van der Waals surface area (Å²) < 4.78 is 3.09. The van der Waals surface area contributed by atoms with Crippen LogP contribution in [0.25, 0.3) is 0 Å². The number of rotatable bonds is 0. The first-order chi connectivity index (χ1) is 13.8. The van der Waals surface area contributed by atoms with E-state index in [1.165, 1.54) is 88.6 Å². The molecule has 2 heteroatoms. The molecule has 5 heterocycles. The van der Waals surface area contributed by atoms with Gasteiger partial charge in [-0.3, -0.25) is 0 Å². The molecule has 7 rings (SSSR count). The standard InChI is InChI=1S/C14H26N.C12H22N/c1-4-9-15(10-5-1)11-8-13-6-2-3-7-14(13)12-15;1-2-8-13(9-3-1)10-11-4-6-12(13)7-5-11/h13-14H,1-12H2;11-12H,1-10H2/q2*+1. The van der Waals surface area contributed by atoms with Gasteiger partial charge in [0.05, 0.1) is 51.9 Å². The summed E-state index contributed by atoms with van der Waals surface area (Å²) in [5.41, 5.74) is 0. The van der Waals surface area contributed by atoms with Crippen molar-refractivity contribution in [2.45, 2.75) is 102 Å². The Labute approximate surface area is 175 Å². The first kappa shape index (κ1) is 19.9. The fourth-order valence-corrected chi connectivity index (χ4v) is 8.75. The average molecular weight is 389 g/mol. The van der Waals surface area contributed by atoms with Crippen LogP contribution in [0.5, 0.6) is 0 Å². The summed E-state index contributed by atoms with van der Waals surface area (Å²) in [6, 6.07) is 1.09. The monoisotopic (exact) mass is 388 g/mol. The van der Waals surface area contributed by atoms with E-state index in [-0.39, 0.29) is 0 Å². The van der Waals surface area contributed by atoms with Crippen LogP contribution < -0.4 is 0 Å². The van der Waals surface area contributed by atoms with E-state index in [9.17, 15) is 0 Å². The molecule has 2 unspecified atom stereocenters. The maximum Gasteiger partial charge on any atom is 0.0890 e. The Morgan fingerprint density at radius 1 is 0.429 bits per heavy atom. The number of piperidine rings is 5. The SMILES string of the molecule is C1CC[N+]2(CC1)CC1CCC2CC1.C1CC[N+]2(CC1)CCC1CCCCC1C2. The van der Waals surface area contributed by atoms with Gasteiger partial charge in [0.1, 0.15) is 0 Å². The number of fused-ring (bicyclic) bond motifs is 3. The third-order valence-electron chi connectivity index (χ3n) is 10.3. The molecule has 2 aliphatic carbocycles. The number of hydrogen-bond donors (Lipinski definition) is 0. The minimum absolute atomic E-state index is 1.09. The molecule has 5 aliphatic heterocycles. The molecule has 0 aromatic carbocycles. The van der Waals surface area contributed by atoms with Gasteiger partial charge in [-0.1, -0.05) is 12.8 Å². The van der Waals surface area contributed by atoms with Crippen molar-refractivity contribution in [1.82, 2.24) is 0 Å². The van der Waals surface area contributed by atoms with Crippen LogP contribution in [-0.4, -0.2) is 60.8 Å². The summed E-state index contributed by atoms with van der Waals surface area (Å²) in [5.74, 6) is 3.36. The molecule has 5 saturated heterocycles. The third-order valence-corrected chi connectivity index (χ3v) is 10.3. The molecule has 2 nitrogen and oxygen atoms in total. The van der Waals surface area contributed by atoms with Crippen molar-refractivity contribution in [3.63, 3.8) is 0 Å². The molecule has 0 radical (unpaired) electrons. The van der Waals surface area contributed by atoms with E-state index in [2.05, 4.69) is 0 Å². The topological polar surface area (TPSA) is 0 Å². The van der Waals surface area contributed by atoms with Gasteiger partial charge < -0.3 is 8.97 Å². The minimum Gasteiger partial charge on any atom is -0.323 e. The maximum absolute atomic E-state index is 1.56. The highest BCUT2D eigenvalue weighted by Gasteiger charge is 2.47. The quantitative estimate of drug-likeness (QED) is 0.463. The Balaban J connectivity index is 0.000000123. The molecule has 0 aromatic rings. The van der Waals surface area contributed by atoms with Crippen molar-refractivity contribution in [3.8, 4) is 0 Å². The minimum atomic E-state index is 1.09. The molecule has 0 N–H and O–H groups in total. The van der Waals surface area contributed by atoms with Crippen molar-refractivity contribution >= 4 is 0 Å². The summed E-state index contributed by atoms with van der Waals surface area (Å²) in [7, 11) is 0. The van der Waals surface area contributed by atoms with Crippen LogP contribution in [-0.2, 0) is 0 Å². The van der Waals surface area contributed by atoms with Crippen LogP contribution in [0.1, 0.15) is 96.3 Å². The van der Waals surface area contributed by atoms with E-state index < -0.39 is 0 Å². The van der Waals surface area contributed by atoms with Gasteiger partial charge in [-0.15, -0.1) is 0 Å². The Morgan fingerprint density at radius 2 is 1.07 bits per heavy atom. The maximum atomic E-state index is 1.56. The van der Waals surface area contributed by atoms with Crippen LogP contribution in [0.15, 0.2) is 0 Å². The molecular weight excluding hydrogens is 340 g/mol. The van der Waals surface area contributed by atoms with Crippen molar-refractivity contribution in [3.05, 3.63) is 0 Å². The summed E-state index contributed by atoms with van der Waals surface area (Å²) in [5, 5.41) is 0. The van der Waals surface area contributed by atoms with Gasteiger partial charge in [0, 0.05) is 11.8 Å². The third kappa shape index (κ3) is 4.07. The van der Waals surface area contributed by atoms with E-state index in [4.69, 9.17) is 0 Å². The lowest BCUT2D eigenvalue weighted by Gasteiger charge is -2.55. The van der Waals surface area contributed by atoms with Gasteiger partial charge in [-0.25, -0.2) is 0 Å². The smallest absolute Gasteiger partial charge is 0.0890 e. The van der Waals surface area contributed by atoms with Crippen molar-refractivity contribution in [2.24, 2.45) is 17.8 Å². The largest absolute Gasteiger partial charge is 0.323 e. The van der Waals surface area contributed by atoms with Gasteiger partial charge in [0.25, 0.3) is 0 Å². The number of quaternary nitrogens is 2. The van der Waals surface area contributed by atoms with E-state index in [0.717, 1.165) is 23.8 Å². The fourth-order valence-electron chi connectivity index (χ4n) is 8.75. The Bertz CT molecular complexity index is 495. The van der Waals surface area contributed by atoms with Crippen LogP contribution in [0, 0.1) is 17.8 Å². The zero-order valence-electron chi connectivity index (χ0n) is 18.8. The molecule has 0 aromatic heterocycles. The molecule has 0 amide bonds. The second kappa shape index (κ2) is 8.58. The lowest BCUT2D eigenvalue weighted by molar-refractivity contribution is -0.968. The van der Waals surface area contributed by atoms with Gasteiger partial charge in [-0.2, -0.15) is 0 Å². The lowest BCUT2D eigenvalue weighted by atomic mass is 9.74. The number of nitrogens with zero attached hydrogens (tertiary/aromatic N) is 2. The van der Waals surface area contributed by atoms with Gasteiger partial charge >= 0.3 is 0 Å². The highest BCUT2D eigenvalue weighted by Crippen LogP contribution is 2.42. The molecule has 28 heavy (non-hydrogen) atoms. The van der Waals surface area contributed by atoms with E-state index in [0.29, 0.717) is 0 Å². The Hall–Kier alpha value is -0.0800. The van der Waals surface area contributed by atoms with Gasteiger partial charge in [0.15, 0.2) is 0 Å². The normalized spacial score (nSPS) is 41.1. The summed E-state index contributed by atoms with van der Waals surface area (Å²) in [4.78, 5) is 0. The Morgan fingerprint density at radius 3 is 1.71 bits per heavy atom. The summed E-state index contributed by atoms with van der Waals surface area (Å²) in [6.45, 7) is 10.7. The Kier molecular flexibility index (Phi) is 6.08. The summed E-state index contributed by atoms with van der Waals surface area (Å²) in [6.07, 6.45) is 23.1. The van der Waals surface area contributed by atoms with E-state index in [1.807, 2.05) is 0 Å². The first-order valence-electron chi connectivity index (χ1n) is 13.5. The van der Waals surface area contributed by atoms with Crippen molar-refractivity contribution < 1.29 is 8.97 Å². The molecular formula is C26H48N2+2. The average Bonchev–Trinajstić information content (AvgIpc) is 2.76. The summed E-state index contributed by atoms with van der Waals surface area (Å²) >= 11 is 0. The first-order valence-corrected chi connectivity index (χ1v) is 13.5. The van der Waals surface area contributed by atoms with Crippen molar-refractivity contribution in [1.29, 1.82) is 0 Å². The van der Waals surface area contributed by atoms with E-state index >= 15 is 0 Å². The molecule has 7 aliphatic rings. The predicted octanol–water partition coefficient (Wildman–Crippen LogP) is 5.76. The van der Waals surface area contributed by atoms with Crippen LogP contribution in [0.4, 0.5) is 0 Å². The second-order valence-electron chi connectivity index (χ2n) is 11.9. The molecule has 2 spiro atoms. The molecule has 2 saturated carbocycles. The zero-order valence-corrected chi connectivity index (χ0v) is 18.8. The van der Waals surface area contributed by atoms with E-state index in [1.54, 1.807) is 62.5 Å². The highest BCUT2D eigenvalue weighted by molar-refractivity contribution is 4.81. The van der Waals surface area contributed by atoms with Gasteiger partial charge in [0.2, 0.25) is 0 Å². The highest BCUT2D eigenvalue weighted by atomic mass is 15.4.